The Bertz CT molecular complexity index is 989. The SMILES string of the molecule is Cc1c(OCCN(C)C)cn2ncnc(Oc3ccc([N+](=O)[O-])cc3F)c12. The Kier molecular flexibility index (Phi) is 5.17. The lowest BCUT2D eigenvalue weighted by Gasteiger charge is -2.10. The summed E-state index contributed by atoms with van der Waals surface area (Å²) in [6, 6.07) is 3.16. The van der Waals surface area contributed by atoms with Crippen molar-refractivity contribution >= 4 is 11.2 Å². The van der Waals surface area contributed by atoms with Crippen molar-refractivity contribution in [1.82, 2.24) is 19.5 Å². The van der Waals surface area contributed by atoms with Crippen LogP contribution in [0.4, 0.5) is 10.1 Å². The molecule has 0 saturated carbocycles. The van der Waals surface area contributed by atoms with Gasteiger partial charge in [0.25, 0.3) is 5.69 Å². The molecule has 142 valence electrons. The lowest BCUT2D eigenvalue weighted by Crippen LogP contribution is -2.19. The number of nitro groups is 1. The number of halogens is 1. The molecule has 0 fully saturated rings. The molecule has 0 aliphatic rings. The Morgan fingerprint density at radius 3 is 2.78 bits per heavy atom. The molecule has 0 amide bonds. The van der Waals surface area contributed by atoms with Gasteiger partial charge in [-0.05, 0) is 27.1 Å². The Hall–Kier alpha value is -3.27. The molecule has 0 radical (unpaired) electrons. The second-order valence-electron chi connectivity index (χ2n) is 6.10. The predicted molar refractivity (Wildman–Crippen MR) is 94.9 cm³/mol. The molecule has 0 spiro atoms. The number of rotatable bonds is 7. The Balaban J connectivity index is 1.91. The number of aromatic nitrogens is 3. The number of non-ortho nitro benzene ring substituents is 1. The zero-order valence-electron chi connectivity index (χ0n) is 15.0. The maximum Gasteiger partial charge on any atom is 0.272 e. The molecule has 0 aliphatic heterocycles. The minimum Gasteiger partial charge on any atom is -0.490 e. The highest BCUT2D eigenvalue weighted by Crippen LogP contribution is 2.33. The first-order valence-electron chi connectivity index (χ1n) is 8.09. The third kappa shape index (κ3) is 3.95. The first-order valence-corrected chi connectivity index (χ1v) is 8.09. The lowest BCUT2D eigenvalue weighted by molar-refractivity contribution is -0.385. The van der Waals surface area contributed by atoms with Crippen LogP contribution in [0.3, 0.4) is 0 Å². The predicted octanol–water partition coefficient (Wildman–Crippen LogP) is 2.82. The Morgan fingerprint density at radius 2 is 2.11 bits per heavy atom. The van der Waals surface area contributed by atoms with E-state index in [0.29, 0.717) is 17.9 Å². The number of hydrogen-bond donors (Lipinski definition) is 0. The van der Waals surface area contributed by atoms with Crippen molar-refractivity contribution in [2.24, 2.45) is 0 Å². The standard InChI is InChI=1S/C17H18FN5O4/c1-11-15(26-7-6-21(2)3)9-22-16(11)17(19-10-20-22)27-14-5-4-12(23(24)25)8-13(14)18/h4-5,8-10H,6-7H2,1-3H3. The van der Waals surface area contributed by atoms with Gasteiger partial charge in [-0.2, -0.15) is 10.1 Å². The summed E-state index contributed by atoms with van der Waals surface area (Å²) in [5.41, 5.74) is 0.907. The number of nitrogens with zero attached hydrogens (tertiary/aromatic N) is 5. The number of aryl methyl sites for hydroxylation is 1. The number of fused-ring (bicyclic) bond motifs is 1. The first-order chi connectivity index (χ1) is 12.9. The van der Waals surface area contributed by atoms with E-state index in [0.717, 1.165) is 24.2 Å². The van der Waals surface area contributed by atoms with Crippen LogP contribution in [0.15, 0.2) is 30.7 Å². The van der Waals surface area contributed by atoms with E-state index in [-0.39, 0.29) is 17.3 Å². The number of benzene rings is 1. The van der Waals surface area contributed by atoms with E-state index in [1.54, 1.807) is 6.20 Å². The van der Waals surface area contributed by atoms with Crippen molar-refractivity contribution in [2.75, 3.05) is 27.2 Å². The zero-order valence-corrected chi connectivity index (χ0v) is 15.0. The van der Waals surface area contributed by atoms with Crippen molar-refractivity contribution < 1.29 is 18.8 Å². The van der Waals surface area contributed by atoms with Crippen molar-refractivity contribution in [3.63, 3.8) is 0 Å². The summed E-state index contributed by atoms with van der Waals surface area (Å²) < 4.78 is 27.0. The van der Waals surface area contributed by atoms with Gasteiger partial charge in [0.15, 0.2) is 11.6 Å². The molecule has 0 saturated heterocycles. The van der Waals surface area contributed by atoms with Crippen LogP contribution in [0.2, 0.25) is 0 Å². The molecule has 2 aromatic heterocycles. The van der Waals surface area contributed by atoms with Crippen LogP contribution < -0.4 is 9.47 Å². The van der Waals surface area contributed by atoms with Gasteiger partial charge in [-0.3, -0.25) is 10.1 Å². The summed E-state index contributed by atoms with van der Waals surface area (Å²) in [5, 5.41) is 14.9. The highest BCUT2D eigenvalue weighted by atomic mass is 19.1. The van der Waals surface area contributed by atoms with Crippen LogP contribution in [0, 0.1) is 22.9 Å². The van der Waals surface area contributed by atoms with Gasteiger partial charge in [-0.15, -0.1) is 0 Å². The molecule has 1 aromatic carbocycles. The molecule has 3 rings (SSSR count). The lowest BCUT2D eigenvalue weighted by atomic mass is 10.3. The summed E-state index contributed by atoms with van der Waals surface area (Å²) in [6.07, 6.45) is 2.97. The topological polar surface area (TPSA) is 95.0 Å². The normalized spacial score (nSPS) is 11.1. The average molecular weight is 375 g/mol. The molecule has 3 aromatic rings. The molecule has 0 bridgehead atoms. The largest absolute Gasteiger partial charge is 0.490 e. The van der Waals surface area contributed by atoms with Crippen LogP contribution in [0.5, 0.6) is 17.4 Å². The molecule has 10 heteroatoms. The van der Waals surface area contributed by atoms with Crippen molar-refractivity contribution in [1.29, 1.82) is 0 Å². The molecule has 27 heavy (non-hydrogen) atoms. The smallest absolute Gasteiger partial charge is 0.272 e. The first kappa shape index (κ1) is 18.5. The zero-order chi connectivity index (χ0) is 19.6. The van der Waals surface area contributed by atoms with E-state index in [2.05, 4.69) is 10.1 Å². The fraction of sp³-hybridized carbons (Fsp3) is 0.294. The fourth-order valence-corrected chi connectivity index (χ4v) is 2.45. The molecule has 2 heterocycles. The van der Waals surface area contributed by atoms with E-state index in [1.165, 1.54) is 16.9 Å². The van der Waals surface area contributed by atoms with Crippen LogP contribution in [0.25, 0.3) is 5.52 Å². The third-order valence-corrected chi connectivity index (χ3v) is 3.88. The number of nitro benzene ring substituents is 1. The second kappa shape index (κ2) is 7.54. The minimum atomic E-state index is -0.854. The van der Waals surface area contributed by atoms with E-state index in [4.69, 9.17) is 9.47 Å². The summed E-state index contributed by atoms with van der Waals surface area (Å²) in [6.45, 7) is 3.06. The quantitative estimate of drug-likeness (QED) is 0.463. The summed E-state index contributed by atoms with van der Waals surface area (Å²) in [4.78, 5) is 16.1. The highest BCUT2D eigenvalue weighted by Gasteiger charge is 2.18. The summed E-state index contributed by atoms with van der Waals surface area (Å²) in [5.74, 6) is -0.284. The van der Waals surface area contributed by atoms with Gasteiger partial charge in [-0.25, -0.2) is 8.91 Å². The van der Waals surface area contributed by atoms with Crippen LogP contribution in [-0.4, -0.2) is 51.7 Å². The molecule has 0 atom stereocenters. The number of ether oxygens (including phenoxy) is 2. The van der Waals surface area contributed by atoms with Gasteiger partial charge in [0.05, 0.1) is 17.2 Å². The Morgan fingerprint density at radius 1 is 1.33 bits per heavy atom. The second-order valence-corrected chi connectivity index (χ2v) is 6.10. The van der Waals surface area contributed by atoms with Crippen molar-refractivity contribution in [2.45, 2.75) is 6.92 Å². The van der Waals surface area contributed by atoms with Crippen LogP contribution in [0.1, 0.15) is 5.56 Å². The van der Waals surface area contributed by atoms with Gasteiger partial charge >= 0.3 is 0 Å². The van der Waals surface area contributed by atoms with E-state index in [1.807, 2.05) is 25.9 Å². The molecule has 0 aliphatic carbocycles. The van der Waals surface area contributed by atoms with Gasteiger partial charge < -0.3 is 14.4 Å². The maximum absolute atomic E-state index is 14.1. The number of hydrogen-bond acceptors (Lipinski definition) is 7. The average Bonchev–Trinajstić information content (AvgIpc) is 2.93. The molecule has 0 N–H and O–H groups in total. The highest BCUT2D eigenvalue weighted by molar-refractivity contribution is 5.67. The number of likely N-dealkylation sites (N-methyl/N-ethyl adjacent to an activating group) is 1. The van der Waals surface area contributed by atoms with Gasteiger partial charge in [0.2, 0.25) is 5.88 Å². The van der Waals surface area contributed by atoms with E-state index in [9.17, 15) is 14.5 Å². The van der Waals surface area contributed by atoms with Crippen molar-refractivity contribution in [3.05, 3.63) is 52.2 Å². The molecule has 0 unspecified atom stereocenters. The summed E-state index contributed by atoms with van der Waals surface area (Å²) >= 11 is 0. The van der Waals surface area contributed by atoms with Crippen molar-refractivity contribution in [3.8, 4) is 17.4 Å². The molecule has 9 nitrogen and oxygen atoms in total. The maximum atomic E-state index is 14.1. The monoisotopic (exact) mass is 375 g/mol. The summed E-state index contributed by atoms with van der Waals surface area (Å²) in [7, 11) is 3.89. The molecular weight excluding hydrogens is 357 g/mol. The van der Waals surface area contributed by atoms with Gasteiger partial charge in [0.1, 0.15) is 24.2 Å². The van der Waals surface area contributed by atoms with E-state index >= 15 is 0 Å². The van der Waals surface area contributed by atoms with Gasteiger partial charge in [0, 0.05) is 18.2 Å². The third-order valence-electron chi connectivity index (χ3n) is 3.88. The van der Waals surface area contributed by atoms with Crippen LogP contribution >= 0.6 is 0 Å². The Labute approximate surface area is 154 Å². The minimum absolute atomic E-state index is 0.123. The fourth-order valence-electron chi connectivity index (χ4n) is 2.45. The van der Waals surface area contributed by atoms with E-state index < -0.39 is 10.7 Å². The molecular formula is C17H18FN5O4. The van der Waals surface area contributed by atoms with Crippen LogP contribution in [-0.2, 0) is 0 Å². The van der Waals surface area contributed by atoms with Gasteiger partial charge in [-0.1, -0.05) is 0 Å².